The Bertz CT molecular complexity index is 479. The van der Waals surface area contributed by atoms with Crippen molar-refractivity contribution in [2.24, 2.45) is 16.8 Å². The van der Waals surface area contributed by atoms with Crippen molar-refractivity contribution in [1.82, 2.24) is 4.90 Å². The average molecular weight is 266 g/mol. The molecule has 0 N–H and O–H groups in total. The molecule has 1 unspecified atom stereocenters. The van der Waals surface area contributed by atoms with Crippen LogP contribution in [0.3, 0.4) is 0 Å². The van der Waals surface area contributed by atoms with Crippen molar-refractivity contribution in [2.75, 3.05) is 6.54 Å². The third-order valence-corrected chi connectivity index (χ3v) is 3.29. The topological polar surface area (TPSA) is 32.7 Å². The molecule has 18 heavy (non-hydrogen) atoms. The SMILES string of the molecule is CC(C)CCN1C(=O)C2C=C(F)C=CC2=NC1=S. The fourth-order valence-corrected chi connectivity index (χ4v) is 2.19. The minimum absolute atomic E-state index is 0.176. The molecule has 0 radical (unpaired) electrons. The Kier molecular flexibility index (Phi) is 3.71. The lowest BCUT2D eigenvalue weighted by Gasteiger charge is -2.30. The van der Waals surface area contributed by atoms with Gasteiger partial charge in [-0.1, -0.05) is 13.8 Å². The Labute approximate surface area is 111 Å². The van der Waals surface area contributed by atoms with Crippen LogP contribution in [0.1, 0.15) is 20.3 Å². The number of thiocarbonyl (C=S) groups is 1. The fraction of sp³-hybridized carbons (Fsp3) is 0.462. The van der Waals surface area contributed by atoms with Gasteiger partial charge < -0.3 is 0 Å². The summed E-state index contributed by atoms with van der Waals surface area (Å²) in [6.45, 7) is 4.70. The molecular formula is C13H15FN2OS. The van der Waals surface area contributed by atoms with Crippen LogP contribution in [0, 0.1) is 11.8 Å². The Balaban J connectivity index is 2.21. The van der Waals surface area contributed by atoms with E-state index in [1.165, 1.54) is 23.1 Å². The van der Waals surface area contributed by atoms with Crippen LogP contribution in [0.5, 0.6) is 0 Å². The van der Waals surface area contributed by atoms with Gasteiger partial charge in [0.25, 0.3) is 0 Å². The second-order valence-corrected chi connectivity index (χ2v) is 5.22. The average Bonchev–Trinajstić information content (AvgIpc) is 2.30. The lowest BCUT2D eigenvalue weighted by atomic mass is 9.94. The molecule has 2 rings (SSSR count). The van der Waals surface area contributed by atoms with Gasteiger partial charge in [0, 0.05) is 6.54 Å². The number of halogens is 1. The van der Waals surface area contributed by atoms with Crippen LogP contribution in [0.4, 0.5) is 4.39 Å². The van der Waals surface area contributed by atoms with E-state index < -0.39 is 11.7 Å². The minimum Gasteiger partial charge on any atom is -0.287 e. The monoisotopic (exact) mass is 266 g/mol. The van der Waals surface area contributed by atoms with Crippen LogP contribution in [-0.2, 0) is 4.79 Å². The van der Waals surface area contributed by atoms with Gasteiger partial charge in [0.1, 0.15) is 11.7 Å². The van der Waals surface area contributed by atoms with Gasteiger partial charge >= 0.3 is 0 Å². The molecular weight excluding hydrogens is 251 g/mol. The summed E-state index contributed by atoms with van der Waals surface area (Å²) in [6.07, 6.45) is 4.97. The number of hydrogen-bond donors (Lipinski definition) is 0. The van der Waals surface area contributed by atoms with E-state index >= 15 is 0 Å². The van der Waals surface area contributed by atoms with Crippen LogP contribution in [0.2, 0.25) is 0 Å². The zero-order valence-electron chi connectivity index (χ0n) is 10.4. The Hall–Kier alpha value is -1.36. The quantitative estimate of drug-likeness (QED) is 0.736. The van der Waals surface area contributed by atoms with E-state index in [1.807, 2.05) is 0 Å². The van der Waals surface area contributed by atoms with Gasteiger partial charge in [-0.25, -0.2) is 9.38 Å². The number of aliphatic imine (C=N–C) groups is 1. The number of carbonyl (C=O) groups is 1. The van der Waals surface area contributed by atoms with E-state index in [1.54, 1.807) is 0 Å². The molecule has 0 aromatic rings. The molecule has 5 heteroatoms. The number of allylic oxidation sites excluding steroid dienone is 3. The smallest absolute Gasteiger partial charge is 0.241 e. The van der Waals surface area contributed by atoms with Gasteiger partial charge in [0.15, 0.2) is 0 Å². The van der Waals surface area contributed by atoms with Crippen molar-refractivity contribution < 1.29 is 9.18 Å². The molecule has 0 fully saturated rings. The van der Waals surface area contributed by atoms with Gasteiger partial charge in [-0.2, -0.15) is 0 Å². The molecule has 1 heterocycles. The van der Waals surface area contributed by atoms with Gasteiger partial charge in [-0.15, -0.1) is 0 Å². The van der Waals surface area contributed by atoms with Gasteiger partial charge in [-0.05, 0) is 42.8 Å². The third-order valence-electron chi connectivity index (χ3n) is 2.98. The third kappa shape index (κ3) is 2.56. The number of nitrogens with zero attached hydrogens (tertiary/aromatic N) is 2. The van der Waals surface area contributed by atoms with Crippen molar-refractivity contribution in [1.29, 1.82) is 0 Å². The maximum atomic E-state index is 13.2. The van der Waals surface area contributed by atoms with Gasteiger partial charge in [-0.3, -0.25) is 9.69 Å². The highest BCUT2D eigenvalue weighted by molar-refractivity contribution is 7.80. The number of amides is 1. The summed E-state index contributed by atoms with van der Waals surface area (Å²) in [5.74, 6) is -0.715. The largest absolute Gasteiger partial charge is 0.287 e. The van der Waals surface area contributed by atoms with E-state index in [0.29, 0.717) is 18.2 Å². The first-order valence-electron chi connectivity index (χ1n) is 5.98. The van der Waals surface area contributed by atoms with E-state index in [2.05, 4.69) is 18.8 Å². The van der Waals surface area contributed by atoms with E-state index in [-0.39, 0.29) is 11.0 Å². The number of rotatable bonds is 3. The molecule has 2 aliphatic rings. The first kappa shape index (κ1) is 13.1. The standard InChI is InChI=1S/C13H15FN2OS/c1-8(2)5-6-16-12(17)10-7-9(14)3-4-11(10)15-13(16)18/h3-4,7-8,10H,5-6H2,1-2H3. The zero-order valence-corrected chi connectivity index (χ0v) is 11.2. The van der Waals surface area contributed by atoms with E-state index in [0.717, 1.165) is 6.42 Å². The summed E-state index contributed by atoms with van der Waals surface area (Å²) in [5.41, 5.74) is 0.534. The maximum absolute atomic E-state index is 13.2. The van der Waals surface area contributed by atoms with Crippen molar-refractivity contribution in [2.45, 2.75) is 20.3 Å². The molecule has 1 amide bonds. The minimum atomic E-state index is -0.617. The highest BCUT2D eigenvalue weighted by atomic mass is 32.1. The molecule has 3 nitrogen and oxygen atoms in total. The lowest BCUT2D eigenvalue weighted by molar-refractivity contribution is -0.128. The van der Waals surface area contributed by atoms with Crippen molar-refractivity contribution in [3.05, 3.63) is 24.1 Å². The zero-order chi connectivity index (χ0) is 13.3. The van der Waals surface area contributed by atoms with Crippen LogP contribution in [0.25, 0.3) is 0 Å². The Morgan fingerprint density at radius 1 is 1.50 bits per heavy atom. The molecule has 96 valence electrons. The summed E-state index contributed by atoms with van der Waals surface area (Å²) in [7, 11) is 0. The predicted octanol–water partition coefficient (Wildman–Crippen LogP) is 2.64. The summed E-state index contributed by atoms with van der Waals surface area (Å²) in [6, 6.07) is 0. The molecule has 1 atom stereocenters. The van der Waals surface area contributed by atoms with Crippen molar-refractivity contribution in [3.63, 3.8) is 0 Å². The van der Waals surface area contributed by atoms with Gasteiger partial charge in [0.05, 0.1) is 5.71 Å². The molecule has 0 bridgehead atoms. The summed E-state index contributed by atoms with van der Waals surface area (Å²) < 4.78 is 13.2. The first-order valence-corrected chi connectivity index (χ1v) is 6.39. The highest BCUT2D eigenvalue weighted by Crippen LogP contribution is 2.23. The normalized spacial score (nSPS) is 23.1. The lowest BCUT2D eigenvalue weighted by Crippen LogP contribution is -2.46. The molecule has 0 aromatic heterocycles. The van der Waals surface area contributed by atoms with Crippen molar-refractivity contribution >= 4 is 28.9 Å². The maximum Gasteiger partial charge on any atom is 0.241 e. The molecule has 1 aliphatic heterocycles. The van der Waals surface area contributed by atoms with Crippen molar-refractivity contribution in [3.8, 4) is 0 Å². The number of carbonyl (C=O) groups excluding carboxylic acids is 1. The summed E-state index contributed by atoms with van der Waals surface area (Å²) in [5, 5.41) is 0.284. The molecule has 0 spiro atoms. The van der Waals surface area contributed by atoms with E-state index in [9.17, 15) is 9.18 Å². The second kappa shape index (κ2) is 5.10. The second-order valence-electron chi connectivity index (χ2n) is 4.85. The van der Waals surface area contributed by atoms with Gasteiger partial charge in [0.2, 0.25) is 11.0 Å². The molecule has 0 aromatic carbocycles. The van der Waals surface area contributed by atoms with E-state index in [4.69, 9.17) is 12.2 Å². The predicted molar refractivity (Wildman–Crippen MR) is 73.0 cm³/mol. The molecule has 0 saturated carbocycles. The van der Waals surface area contributed by atoms with Crippen LogP contribution in [0.15, 0.2) is 29.0 Å². The Morgan fingerprint density at radius 3 is 2.89 bits per heavy atom. The van der Waals surface area contributed by atoms with Crippen LogP contribution >= 0.6 is 12.2 Å². The fourth-order valence-electron chi connectivity index (χ4n) is 1.90. The number of hydrogen-bond acceptors (Lipinski definition) is 2. The van der Waals surface area contributed by atoms with Crippen LogP contribution in [-0.4, -0.2) is 28.2 Å². The Morgan fingerprint density at radius 2 is 2.22 bits per heavy atom. The first-order chi connectivity index (χ1) is 8.49. The molecule has 0 saturated heterocycles. The summed E-state index contributed by atoms with van der Waals surface area (Å²) >= 11 is 5.12. The number of fused-ring (bicyclic) bond motifs is 1. The summed E-state index contributed by atoms with van der Waals surface area (Å²) in [4.78, 5) is 17.9. The van der Waals surface area contributed by atoms with Crippen LogP contribution < -0.4 is 0 Å². The highest BCUT2D eigenvalue weighted by Gasteiger charge is 2.34. The molecule has 1 aliphatic carbocycles.